The van der Waals surface area contributed by atoms with Crippen LogP contribution in [0.2, 0.25) is 0 Å². The number of fused-ring (bicyclic) bond motifs is 1. The monoisotopic (exact) mass is 418 g/mol. The molecule has 0 saturated heterocycles. The van der Waals surface area contributed by atoms with Crippen molar-refractivity contribution in [3.63, 3.8) is 0 Å². The number of ether oxygens (including phenoxy) is 1. The summed E-state index contributed by atoms with van der Waals surface area (Å²) in [5.41, 5.74) is 4.90. The maximum absolute atomic E-state index is 13.0. The van der Waals surface area contributed by atoms with Crippen LogP contribution < -0.4 is 15.4 Å². The summed E-state index contributed by atoms with van der Waals surface area (Å²) in [4.78, 5) is 17.4. The molecule has 1 heterocycles. The topological polar surface area (TPSA) is 68.2 Å². The van der Waals surface area contributed by atoms with Gasteiger partial charge in [0.25, 0.3) is 0 Å². The lowest BCUT2D eigenvalue weighted by molar-refractivity contribution is 0.235. The molecule has 3 aromatic rings. The Hall–Kier alpha value is -3.28. The molecule has 1 aliphatic rings. The van der Waals surface area contributed by atoms with Crippen LogP contribution in [0.5, 0.6) is 5.75 Å². The molecule has 0 aliphatic heterocycles. The first-order valence-electron chi connectivity index (χ1n) is 10.8. The summed E-state index contributed by atoms with van der Waals surface area (Å²) in [6.07, 6.45) is 8.39. The van der Waals surface area contributed by atoms with E-state index in [1.165, 1.54) is 24.0 Å². The Morgan fingerprint density at radius 1 is 1.06 bits per heavy atom. The molecule has 0 fully saturated rings. The third-order valence-electron chi connectivity index (χ3n) is 6.04. The van der Waals surface area contributed by atoms with Gasteiger partial charge in [0, 0.05) is 19.4 Å². The lowest BCUT2D eigenvalue weighted by Gasteiger charge is -2.23. The second-order valence-corrected chi connectivity index (χ2v) is 8.18. The first-order chi connectivity index (χ1) is 15.0. The number of carbonyl (C=O) groups is 1. The van der Waals surface area contributed by atoms with Crippen LogP contribution in [0.15, 0.2) is 54.9 Å². The second-order valence-electron chi connectivity index (χ2n) is 8.18. The van der Waals surface area contributed by atoms with Crippen LogP contribution in [0.1, 0.15) is 59.9 Å². The van der Waals surface area contributed by atoms with Crippen molar-refractivity contribution < 1.29 is 9.53 Å². The normalized spacial score (nSPS) is 14.9. The summed E-state index contributed by atoms with van der Waals surface area (Å²) in [5.74, 6) is 1.49. The standard InChI is InChI=1S/C25H30N4O2/c1-17(19-12-11-18-7-4-5-8-20(18)15-19)27-25(30)28-23(24-26-13-14-29(24)2)21-9-6-10-22(16-21)31-3/h6,9-17,23H,4-5,7-8H2,1-3H3,(H2,27,28,30)/t17-,23-/m1/s1. The highest BCUT2D eigenvalue weighted by Gasteiger charge is 2.22. The SMILES string of the molecule is COc1cccc([C@@H](NC(=O)N[C@H](C)c2ccc3c(c2)CCCC3)c2nccn2C)c1. The van der Waals surface area contributed by atoms with Crippen molar-refractivity contribution in [2.75, 3.05) is 7.11 Å². The molecular weight excluding hydrogens is 388 g/mol. The molecule has 1 aliphatic carbocycles. The number of amides is 2. The summed E-state index contributed by atoms with van der Waals surface area (Å²) in [7, 11) is 3.56. The molecule has 0 unspecified atom stereocenters. The molecule has 162 valence electrons. The number of hydrogen-bond acceptors (Lipinski definition) is 3. The third kappa shape index (κ3) is 4.74. The van der Waals surface area contributed by atoms with Gasteiger partial charge in [0.15, 0.2) is 0 Å². The Kier molecular flexibility index (Phi) is 6.26. The van der Waals surface area contributed by atoms with Gasteiger partial charge in [0.05, 0.1) is 13.2 Å². The molecule has 0 saturated carbocycles. The molecule has 6 heteroatoms. The van der Waals surface area contributed by atoms with Crippen LogP contribution in [-0.4, -0.2) is 22.7 Å². The zero-order chi connectivity index (χ0) is 21.8. The van der Waals surface area contributed by atoms with Crippen molar-refractivity contribution in [3.8, 4) is 5.75 Å². The minimum atomic E-state index is -0.397. The van der Waals surface area contributed by atoms with Crippen LogP contribution in [-0.2, 0) is 19.9 Å². The van der Waals surface area contributed by atoms with Crippen LogP contribution in [0.4, 0.5) is 4.79 Å². The zero-order valence-corrected chi connectivity index (χ0v) is 18.4. The Balaban J connectivity index is 1.51. The number of nitrogens with one attached hydrogen (secondary N) is 2. The highest BCUT2D eigenvalue weighted by atomic mass is 16.5. The number of aromatic nitrogens is 2. The largest absolute Gasteiger partial charge is 0.497 e. The maximum atomic E-state index is 13.0. The van der Waals surface area contributed by atoms with Gasteiger partial charge in [0.1, 0.15) is 17.6 Å². The van der Waals surface area contributed by atoms with E-state index < -0.39 is 6.04 Å². The quantitative estimate of drug-likeness (QED) is 0.621. The van der Waals surface area contributed by atoms with E-state index in [0.29, 0.717) is 0 Å². The molecular formula is C25H30N4O2. The van der Waals surface area contributed by atoms with E-state index in [0.717, 1.165) is 35.5 Å². The zero-order valence-electron chi connectivity index (χ0n) is 18.4. The van der Waals surface area contributed by atoms with Gasteiger partial charge in [-0.1, -0.05) is 30.3 Å². The second kappa shape index (κ2) is 9.25. The van der Waals surface area contributed by atoms with Gasteiger partial charge >= 0.3 is 6.03 Å². The van der Waals surface area contributed by atoms with Crippen LogP contribution in [0, 0.1) is 0 Å². The number of nitrogens with zero attached hydrogens (tertiary/aromatic N) is 2. The molecule has 2 aromatic carbocycles. The van der Waals surface area contributed by atoms with Gasteiger partial charge in [0.2, 0.25) is 0 Å². The fourth-order valence-electron chi connectivity index (χ4n) is 4.25. The predicted molar refractivity (Wildman–Crippen MR) is 121 cm³/mol. The van der Waals surface area contributed by atoms with E-state index in [1.54, 1.807) is 13.3 Å². The van der Waals surface area contributed by atoms with Crippen molar-refractivity contribution in [2.24, 2.45) is 7.05 Å². The van der Waals surface area contributed by atoms with E-state index in [1.807, 2.05) is 49.0 Å². The average molecular weight is 419 g/mol. The van der Waals surface area contributed by atoms with Crippen molar-refractivity contribution >= 4 is 6.03 Å². The van der Waals surface area contributed by atoms with Gasteiger partial charge in [-0.2, -0.15) is 0 Å². The molecule has 4 rings (SSSR count). The van der Waals surface area contributed by atoms with Crippen LogP contribution in [0.25, 0.3) is 0 Å². The third-order valence-corrected chi connectivity index (χ3v) is 6.04. The minimum Gasteiger partial charge on any atom is -0.497 e. The number of aryl methyl sites for hydroxylation is 3. The molecule has 6 nitrogen and oxygen atoms in total. The van der Waals surface area contributed by atoms with Gasteiger partial charge in [-0.3, -0.25) is 0 Å². The van der Waals surface area contributed by atoms with Crippen molar-refractivity contribution in [1.82, 2.24) is 20.2 Å². The predicted octanol–water partition coefficient (Wildman–Crippen LogP) is 4.46. The minimum absolute atomic E-state index is 0.0976. The Labute approximate surface area is 183 Å². The highest BCUT2D eigenvalue weighted by Crippen LogP contribution is 2.26. The summed E-state index contributed by atoms with van der Waals surface area (Å²) < 4.78 is 7.28. The first kappa shape index (κ1) is 21.0. The molecule has 0 radical (unpaired) electrons. The molecule has 2 atom stereocenters. The Morgan fingerprint density at radius 2 is 1.87 bits per heavy atom. The summed E-state index contributed by atoms with van der Waals surface area (Å²) in [5, 5.41) is 6.20. The number of rotatable bonds is 6. The fourth-order valence-corrected chi connectivity index (χ4v) is 4.25. The molecule has 2 amide bonds. The Morgan fingerprint density at radius 3 is 2.61 bits per heavy atom. The number of urea groups is 1. The molecule has 1 aromatic heterocycles. The molecule has 0 bridgehead atoms. The number of benzene rings is 2. The summed E-state index contributed by atoms with van der Waals surface area (Å²) >= 11 is 0. The molecule has 31 heavy (non-hydrogen) atoms. The number of carbonyl (C=O) groups excluding carboxylic acids is 1. The first-order valence-corrected chi connectivity index (χ1v) is 10.8. The lowest BCUT2D eigenvalue weighted by Crippen LogP contribution is -2.40. The van der Waals surface area contributed by atoms with E-state index >= 15 is 0 Å². The van der Waals surface area contributed by atoms with Gasteiger partial charge < -0.3 is 19.9 Å². The van der Waals surface area contributed by atoms with Gasteiger partial charge in [-0.15, -0.1) is 0 Å². The number of hydrogen-bond donors (Lipinski definition) is 2. The summed E-state index contributed by atoms with van der Waals surface area (Å²) in [6.45, 7) is 2.02. The van der Waals surface area contributed by atoms with Gasteiger partial charge in [-0.25, -0.2) is 9.78 Å². The van der Waals surface area contributed by atoms with E-state index in [4.69, 9.17) is 4.74 Å². The van der Waals surface area contributed by atoms with Crippen molar-refractivity contribution in [3.05, 3.63) is 82.9 Å². The lowest BCUT2D eigenvalue weighted by atomic mass is 9.89. The Bertz CT molecular complexity index is 1060. The fraction of sp³-hybridized carbons (Fsp3) is 0.360. The number of imidazole rings is 1. The number of methoxy groups -OCH3 is 1. The van der Waals surface area contributed by atoms with Crippen LogP contribution in [0.3, 0.4) is 0 Å². The van der Waals surface area contributed by atoms with E-state index in [2.05, 4.69) is 33.8 Å². The maximum Gasteiger partial charge on any atom is 0.316 e. The van der Waals surface area contributed by atoms with E-state index in [-0.39, 0.29) is 12.1 Å². The highest BCUT2D eigenvalue weighted by molar-refractivity contribution is 5.75. The molecule has 2 N–H and O–H groups in total. The summed E-state index contributed by atoms with van der Waals surface area (Å²) in [6, 6.07) is 13.6. The average Bonchev–Trinajstić information content (AvgIpc) is 3.22. The molecule has 0 spiro atoms. The van der Waals surface area contributed by atoms with Crippen molar-refractivity contribution in [1.29, 1.82) is 0 Å². The van der Waals surface area contributed by atoms with Gasteiger partial charge in [-0.05, 0) is 67.0 Å². The van der Waals surface area contributed by atoms with E-state index in [9.17, 15) is 4.79 Å². The van der Waals surface area contributed by atoms with Crippen molar-refractivity contribution in [2.45, 2.75) is 44.7 Å². The van der Waals surface area contributed by atoms with Crippen LogP contribution >= 0.6 is 0 Å². The smallest absolute Gasteiger partial charge is 0.316 e.